The van der Waals surface area contributed by atoms with E-state index >= 15 is 0 Å². The van der Waals surface area contributed by atoms with Gasteiger partial charge in [0, 0.05) is 31.2 Å². The van der Waals surface area contributed by atoms with Gasteiger partial charge in [-0.25, -0.2) is 8.42 Å². The molecule has 0 radical (unpaired) electrons. The summed E-state index contributed by atoms with van der Waals surface area (Å²) < 4.78 is 27.9. The lowest BCUT2D eigenvalue weighted by Gasteiger charge is -2.28. The van der Waals surface area contributed by atoms with Crippen LogP contribution in [0.3, 0.4) is 0 Å². The molecule has 1 unspecified atom stereocenters. The van der Waals surface area contributed by atoms with Crippen molar-refractivity contribution in [2.45, 2.75) is 37.8 Å². The second kappa shape index (κ2) is 9.29. The van der Waals surface area contributed by atoms with Crippen LogP contribution in [0.25, 0.3) is 0 Å². The van der Waals surface area contributed by atoms with Crippen LogP contribution in [-0.4, -0.2) is 56.8 Å². The van der Waals surface area contributed by atoms with Gasteiger partial charge in [-0.1, -0.05) is 44.2 Å². The Morgan fingerprint density at radius 3 is 2.47 bits per heavy atom. The van der Waals surface area contributed by atoms with E-state index in [9.17, 15) is 13.2 Å². The van der Waals surface area contributed by atoms with Crippen molar-refractivity contribution in [2.75, 3.05) is 27.2 Å². The summed E-state index contributed by atoms with van der Waals surface area (Å²) in [5.74, 6) is 0.123. The average molecular weight is 430 g/mol. The molecule has 0 spiro atoms. The van der Waals surface area contributed by atoms with Crippen LogP contribution in [0.4, 0.5) is 0 Å². The molecule has 6 nitrogen and oxygen atoms in total. The third kappa shape index (κ3) is 4.91. The minimum atomic E-state index is -3.67. The third-order valence-electron chi connectivity index (χ3n) is 5.73. The van der Waals surface area contributed by atoms with Crippen LogP contribution in [0.2, 0.25) is 0 Å². The highest BCUT2D eigenvalue weighted by Crippen LogP contribution is 2.25. The standard InChI is InChI=1S/C23H31N3O3S/c1-17(2)22(25(3)4)15-24-23(27)19-10-7-11-21(14-19)30(28,29)26-13-12-18-8-5-6-9-20(18)16-26/h5-11,14,17,22H,12-13,15-16H2,1-4H3,(H,24,27). The first-order chi connectivity index (χ1) is 14.2. The predicted molar refractivity (Wildman–Crippen MR) is 119 cm³/mol. The van der Waals surface area contributed by atoms with Crippen LogP contribution >= 0.6 is 0 Å². The molecule has 0 saturated heterocycles. The quantitative estimate of drug-likeness (QED) is 0.735. The van der Waals surface area contributed by atoms with Crippen LogP contribution < -0.4 is 5.32 Å². The number of carbonyl (C=O) groups excluding carboxylic acids is 1. The SMILES string of the molecule is CC(C)C(CNC(=O)c1cccc(S(=O)(=O)N2CCc3ccccc3C2)c1)N(C)C. The molecule has 1 atom stereocenters. The van der Waals surface area contributed by atoms with Gasteiger partial charge in [0.2, 0.25) is 10.0 Å². The number of fused-ring (bicyclic) bond motifs is 1. The fourth-order valence-corrected chi connectivity index (χ4v) is 5.40. The van der Waals surface area contributed by atoms with Crippen molar-refractivity contribution in [1.29, 1.82) is 0 Å². The molecule has 162 valence electrons. The first kappa shape index (κ1) is 22.5. The van der Waals surface area contributed by atoms with Crippen LogP contribution in [0.1, 0.15) is 35.3 Å². The smallest absolute Gasteiger partial charge is 0.251 e. The summed E-state index contributed by atoms with van der Waals surface area (Å²) in [6, 6.07) is 14.4. The monoisotopic (exact) mass is 429 g/mol. The van der Waals surface area contributed by atoms with E-state index in [2.05, 4.69) is 24.1 Å². The first-order valence-electron chi connectivity index (χ1n) is 10.3. The number of rotatable bonds is 7. The Bertz CT molecular complexity index is 994. The predicted octanol–water partition coefficient (Wildman–Crippen LogP) is 2.75. The molecule has 2 aromatic rings. The Kier molecular flexibility index (Phi) is 6.95. The number of carbonyl (C=O) groups is 1. The number of hydrogen-bond donors (Lipinski definition) is 1. The zero-order chi connectivity index (χ0) is 21.9. The normalized spacial score (nSPS) is 15.8. The number of benzene rings is 2. The number of hydrogen-bond acceptors (Lipinski definition) is 4. The summed E-state index contributed by atoms with van der Waals surface area (Å²) >= 11 is 0. The Labute approximate surface area is 179 Å². The molecule has 2 aromatic carbocycles. The fraction of sp³-hybridized carbons (Fsp3) is 0.435. The van der Waals surface area contributed by atoms with Crippen molar-refractivity contribution < 1.29 is 13.2 Å². The summed E-state index contributed by atoms with van der Waals surface area (Å²) in [5, 5.41) is 2.94. The zero-order valence-corrected chi connectivity index (χ0v) is 18.9. The van der Waals surface area contributed by atoms with Crippen LogP contribution in [0, 0.1) is 5.92 Å². The van der Waals surface area contributed by atoms with Crippen molar-refractivity contribution in [3.05, 3.63) is 65.2 Å². The molecule has 1 N–H and O–H groups in total. The summed E-state index contributed by atoms with van der Waals surface area (Å²) in [6.45, 7) is 5.52. The van der Waals surface area contributed by atoms with Crippen LogP contribution in [0.15, 0.2) is 53.4 Å². The Morgan fingerprint density at radius 2 is 1.80 bits per heavy atom. The van der Waals surface area contributed by atoms with Gasteiger partial charge in [-0.15, -0.1) is 0 Å². The number of nitrogens with one attached hydrogen (secondary N) is 1. The van der Waals surface area contributed by atoms with E-state index < -0.39 is 10.0 Å². The molecule has 1 aliphatic heterocycles. The van der Waals surface area contributed by atoms with Crippen molar-refractivity contribution >= 4 is 15.9 Å². The second-order valence-electron chi connectivity index (χ2n) is 8.37. The third-order valence-corrected chi connectivity index (χ3v) is 7.58. The van der Waals surface area contributed by atoms with Crippen molar-refractivity contribution in [2.24, 2.45) is 5.92 Å². The highest BCUT2D eigenvalue weighted by Gasteiger charge is 2.28. The molecular formula is C23H31N3O3S. The minimum Gasteiger partial charge on any atom is -0.350 e. The molecule has 1 heterocycles. The van der Waals surface area contributed by atoms with Crippen molar-refractivity contribution in [3.8, 4) is 0 Å². The van der Waals surface area contributed by atoms with E-state index in [-0.39, 0.29) is 16.8 Å². The number of sulfonamides is 1. The fourth-order valence-electron chi connectivity index (χ4n) is 3.94. The van der Waals surface area contributed by atoms with Gasteiger partial charge in [0.1, 0.15) is 0 Å². The molecule has 1 aliphatic rings. The first-order valence-corrected chi connectivity index (χ1v) is 11.8. The van der Waals surface area contributed by atoms with Crippen molar-refractivity contribution in [1.82, 2.24) is 14.5 Å². The maximum absolute atomic E-state index is 13.2. The molecule has 0 bridgehead atoms. The van der Waals surface area contributed by atoms with Gasteiger partial charge in [-0.3, -0.25) is 4.79 Å². The molecule has 0 saturated carbocycles. The van der Waals surface area contributed by atoms with E-state index in [0.29, 0.717) is 37.5 Å². The van der Waals surface area contributed by atoms with E-state index in [1.165, 1.54) is 15.9 Å². The molecule has 1 amide bonds. The molecule has 3 rings (SSSR count). The lowest BCUT2D eigenvalue weighted by Crippen LogP contribution is -2.43. The molecule has 0 fully saturated rings. The maximum Gasteiger partial charge on any atom is 0.251 e. The summed E-state index contributed by atoms with van der Waals surface area (Å²) in [4.78, 5) is 14.9. The van der Waals surface area contributed by atoms with Crippen molar-refractivity contribution in [3.63, 3.8) is 0 Å². The topological polar surface area (TPSA) is 69.7 Å². The highest BCUT2D eigenvalue weighted by atomic mass is 32.2. The van der Waals surface area contributed by atoms with E-state index in [1.54, 1.807) is 18.2 Å². The number of nitrogens with zero attached hydrogens (tertiary/aromatic N) is 2. The van der Waals surface area contributed by atoms with Gasteiger partial charge in [-0.05, 0) is 55.8 Å². The van der Waals surface area contributed by atoms with Gasteiger partial charge in [0.15, 0.2) is 0 Å². The molecular weight excluding hydrogens is 398 g/mol. The van der Waals surface area contributed by atoms with E-state index in [4.69, 9.17) is 0 Å². The Hall–Kier alpha value is -2.22. The van der Waals surface area contributed by atoms with Gasteiger partial charge >= 0.3 is 0 Å². The highest BCUT2D eigenvalue weighted by molar-refractivity contribution is 7.89. The van der Waals surface area contributed by atoms with E-state index in [0.717, 1.165) is 5.56 Å². The summed E-state index contributed by atoms with van der Waals surface area (Å²) in [6.07, 6.45) is 0.691. The van der Waals surface area contributed by atoms with Gasteiger partial charge < -0.3 is 10.2 Å². The van der Waals surface area contributed by atoms with Gasteiger partial charge in [-0.2, -0.15) is 4.31 Å². The minimum absolute atomic E-state index is 0.155. The number of amides is 1. The molecule has 0 aromatic heterocycles. The average Bonchev–Trinajstić information content (AvgIpc) is 2.73. The maximum atomic E-state index is 13.2. The van der Waals surface area contributed by atoms with Gasteiger partial charge in [0.05, 0.1) is 4.90 Å². The summed E-state index contributed by atoms with van der Waals surface area (Å²) in [7, 11) is 0.300. The molecule has 0 aliphatic carbocycles. The largest absolute Gasteiger partial charge is 0.350 e. The zero-order valence-electron chi connectivity index (χ0n) is 18.1. The lowest BCUT2D eigenvalue weighted by atomic mass is 10.0. The van der Waals surface area contributed by atoms with Gasteiger partial charge in [0.25, 0.3) is 5.91 Å². The Balaban J connectivity index is 1.75. The second-order valence-corrected chi connectivity index (χ2v) is 10.3. The van der Waals surface area contributed by atoms with Crippen LogP contribution in [0.5, 0.6) is 0 Å². The lowest BCUT2D eigenvalue weighted by molar-refractivity contribution is 0.0934. The molecule has 30 heavy (non-hydrogen) atoms. The van der Waals surface area contributed by atoms with Crippen LogP contribution in [-0.2, 0) is 23.0 Å². The van der Waals surface area contributed by atoms with E-state index in [1.807, 2.05) is 38.4 Å². The number of likely N-dealkylation sites (N-methyl/N-ethyl adjacent to an activating group) is 1. The summed E-state index contributed by atoms with van der Waals surface area (Å²) in [5.41, 5.74) is 2.58. The Morgan fingerprint density at radius 1 is 1.10 bits per heavy atom. The molecule has 7 heteroatoms.